The van der Waals surface area contributed by atoms with Crippen molar-refractivity contribution in [3.05, 3.63) is 28.2 Å². The molecule has 0 saturated heterocycles. The minimum Gasteiger partial charge on any atom is -0.480 e. The summed E-state index contributed by atoms with van der Waals surface area (Å²) in [5.41, 5.74) is -0.618. The Balaban J connectivity index is 2.75. The molecule has 0 fully saturated rings. The molecule has 1 atom stereocenters. The average molecular weight is 227 g/mol. The van der Waals surface area contributed by atoms with Crippen molar-refractivity contribution < 1.29 is 19.8 Å². The number of hydrogen-bond donors (Lipinski definition) is 4. The molecule has 0 unspecified atom stereocenters. The quantitative estimate of drug-likeness (QED) is 0.467. The molecule has 1 rings (SSSR count). The van der Waals surface area contributed by atoms with Crippen LogP contribution >= 0.6 is 0 Å². The maximum Gasteiger partial charge on any atom is 0.328 e. The number of rotatable bonds is 4. The SMILES string of the molecule is O=C(N[C@H](CO)C(=O)O)c1ccc(=O)[nH]n1. The van der Waals surface area contributed by atoms with E-state index in [0.29, 0.717) is 0 Å². The van der Waals surface area contributed by atoms with E-state index in [1.54, 1.807) is 0 Å². The molecule has 8 heteroatoms. The Morgan fingerprint density at radius 3 is 2.62 bits per heavy atom. The van der Waals surface area contributed by atoms with Crippen molar-refractivity contribution in [2.24, 2.45) is 0 Å². The van der Waals surface area contributed by atoms with Crippen molar-refractivity contribution in [2.75, 3.05) is 6.61 Å². The zero-order chi connectivity index (χ0) is 12.1. The van der Waals surface area contributed by atoms with Gasteiger partial charge in [0, 0.05) is 6.07 Å². The third-order valence-corrected chi connectivity index (χ3v) is 1.70. The molecule has 1 aromatic rings. The molecule has 0 radical (unpaired) electrons. The summed E-state index contributed by atoms with van der Waals surface area (Å²) in [5.74, 6) is -2.15. The second kappa shape index (κ2) is 5.03. The highest BCUT2D eigenvalue weighted by atomic mass is 16.4. The van der Waals surface area contributed by atoms with E-state index >= 15 is 0 Å². The first-order valence-electron chi connectivity index (χ1n) is 4.25. The molecular formula is C8H9N3O5. The van der Waals surface area contributed by atoms with E-state index in [4.69, 9.17) is 10.2 Å². The molecule has 4 N–H and O–H groups in total. The Kier molecular flexibility index (Phi) is 3.72. The van der Waals surface area contributed by atoms with E-state index in [2.05, 4.69) is 5.10 Å². The van der Waals surface area contributed by atoms with Crippen molar-refractivity contribution in [1.82, 2.24) is 15.5 Å². The first-order chi connectivity index (χ1) is 7.54. The van der Waals surface area contributed by atoms with Crippen molar-refractivity contribution in [2.45, 2.75) is 6.04 Å². The molecule has 0 aliphatic rings. The van der Waals surface area contributed by atoms with Gasteiger partial charge in [-0.3, -0.25) is 9.59 Å². The van der Waals surface area contributed by atoms with Crippen LogP contribution in [-0.2, 0) is 4.79 Å². The topological polar surface area (TPSA) is 132 Å². The van der Waals surface area contributed by atoms with Gasteiger partial charge < -0.3 is 15.5 Å². The molecule has 0 aliphatic carbocycles. The molecule has 8 nitrogen and oxygen atoms in total. The summed E-state index contributed by atoms with van der Waals surface area (Å²) in [7, 11) is 0. The van der Waals surface area contributed by atoms with Crippen LogP contribution < -0.4 is 10.9 Å². The monoisotopic (exact) mass is 227 g/mol. The van der Waals surface area contributed by atoms with Gasteiger partial charge in [0.1, 0.15) is 5.69 Å². The van der Waals surface area contributed by atoms with Crippen LogP contribution in [0.1, 0.15) is 10.5 Å². The number of aliphatic hydroxyl groups is 1. The molecule has 0 aliphatic heterocycles. The van der Waals surface area contributed by atoms with E-state index in [9.17, 15) is 14.4 Å². The number of nitrogens with one attached hydrogen (secondary N) is 2. The fourth-order valence-electron chi connectivity index (χ4n) is 0.889. The third kappa shape index (κ3) is 2.89. The number of aliphatic hydroxyl groups excluding tert-OH is 1. The van der Waals surface area contributed by atoms with Crippen LogP contribution in [-0.4, -0.2) is 44.9 Å². The molecule has 0 bridgehead atoms. The smallest absolute Gasteiger partial charge is 0.328 e. The van der Waals surface area contributed by atoms with E-state index in [1.165, 1.54) is 0 Å². The Hall–Kier alpha value is -2.22. The summed E-state index contributed by atoms with van der Waals surface area (Å²) in [6.07, 6.45) is 0. The van der Waals surface area contributed by atoms with E-state index in [0.717, 1.165) is 12.1 Å². The highest BCUT2D eigenvalue weighted by molar-refractivity contribution is 5.94. The minimum atomic E-state index is -1.40. The number of carboxylic acids is 1. The van der Waals surface area contributed by atoms with E-state index in [-0.39, 0.29) is 5.69 Å². The second-order valence-corrected chi connectivity index (χ2v) is 2.85. The van der Waals surface area contributed by atoms with Gasteiger partial charge in [-0.05, 0) is 6.07 Å². The predicted octanol–water partition coefficient (Wildman–Crippen LogP) is -2.05. The summed E-state index contributed by atoms with van der Waals surface area (Å²) in [6.45, 7) is -0.732. The Labute approximate surface area is 88.9 Å². The lowest BCUT2D eigenvalue weighted by atomic mass is 10.3. The molecule has 1 aromatic heterocycles. The average Bonchev–Trinajstić information content (AvgIpc) is 2.26. The number of aromatic nitrogens is 2. The van der Waals surface area contributed by atoms with Crippen LogP contribution in [0, 0.1) is 0 Å². The number of H-pyrrole nitrogens is 1. The standard InChI is InChI=1S/C8H9N3O5/c12-3-5(8(15)16)9-7(14)4-1-2-6(13)11-10-4/h1-2,5,12H,3H2,(H,9,14)(H,11,13)(H,15,16)/t5-/m1/s1. The van der Waals surface area contributed by atoms with Gasteiger partial charge in [0.15, 0.2) is 6.04 Å². The first kappa shape index (κ1) is 11.9. The molecule has 86 valence electrons. The lowest BCUT2D eigenvalue weighted by molar-refractivity contribution is -0.140. The van der Waals surface area contributed by atoms with Crippen LogP contribution in [0.5, 0.6) is 0 Å². The van der Waals surface area contributed by atoms with Crippen molar-refractivity contribution in [3.8, 4) is 0 Å². The maximum absolute atomic E-state index is 11.4. The van der Waals surface area contributed by atoms with E-state index < -0.39 is 30.1 Å². The van der Waals surface area contributed by atoms with Crippen LogP contribution in [0.3, 0.4) is 0 Å². The summed E-state index contributed by atoms with van der Waals surface area (Å²) in [4.78, 5) is 32.5. The van der Waals surface area contributed by atoms with Gasteiger partial charge >= 0.3 is 5.97 Å². The highest BCUT2D eigenvalue weighted by Gasteiger charge is 2.20. The minimum absolute atomic E-state index is 0.140. The van der Waals surface area contributed by atoms with Crippen molar-refractivity contribution >= 4 is 11.9 Å². The van der Waals surface area contributed by atoms with Crippen LogP contribution in [0.15, 0.2) is 16.9 Å². The number of carboxylic acid groups (broad SMARTS) is 1. The van der Waals surface area contributed by atoms with Gasteiger partial charge in [0.25, 0.3) is 11.5 Å². The third-order valence-electron chi connectivity index (χ3n) is 1.70. The summed E-state index contributed by atoms with van der Waals surface area (Å²) in [5, 5.41) is 24.7. The Bertz CT molecular complexity index is 435. The van der Waals surface area contributed by atoms with Gasteiger partial charge in [-0.15, -0.1) is 0 Å². The number of amides is 1. The van der Waals surface area contributed by atoms with Crippen molar-refractivity contribution in [3.63, 3.8) is 0 Å². The van der Waals surface area contributed by atoms with Crippen LogP contribution in [0.2, 0.25) is 0 Å². The summed E-state index contributed by atoms with van der Waals surface area (Å²) < 4.78 is 0. The lowest BCUT2D eigenvalue weighted by Gasteiger charge is -2.10. The molecule has 1 heterocycles. The fourth-order valence-corrected chi connectivity index (χ4v) is 0.889. The molecule has 0 saturated carbocycles. The first-order valence-corrected chi connectivity index (χ1v) is 4.25. The molecule has 0 aromatic carbocycles. The van der Waals surface area contributed by atoms with E-state index in [1.807, 2.05) is 10.4 Å². The molecular weight excluding hydrogens is 218 g/mol. The number of carbonyl (C=O) groups is 2. The molecule has 1 amide bonds. The van der Waals surface area contributed by atoms with Gasteiger partial charge in [0.05, 0.1) is 6.61 Å². The van der Waals surface area contributed by atoms with Gasteiger partial charge in [-0.2, -0.15) is 5.10 Å². The normalized spacial score (nSPS) is 11.8. The summed E-state index contributed by atoms with van der Waals surface area (Å²) >= 11 is 0. The van der Waals surface area contributed by atoms with Gasteiger partial charge in [-0.25, -0.2) is 9.89 Å². The number of aromatic amines is 1. The lowest BCUT2D eigenvalue weighted by Crippen LogP contribution is -2.43. The number of aliphatic carboxylic acids is 1. The van der Waals surface area contributed by atoms with Gasteiger partial charge in [0.2, 0.25) is 0 Å². The maximum atomic E-state index is 11.4. The Morgan fingerprint density at radius 1 is 1.50 bits per heavy atom. The zero-order valence-electron chi connectivity index (χ0n) is 8.01. The second-order valence-electron chi connectivity index (χ2n) is 2.85. The van der Waals surface area contributed by atoms with Crippen LogP contribution in [0.4, 0.5) is 0 Å². The van der Waals surface area contributed by atoms with Gasteiger partial charge in [-0.1, -0.05) is 0 Å². The largest absolute Gasteiger partial charge is 0.480 e. The molecule has 0 spiro atoms. The fraction of sp³-hybridized carbons (Fsp3) is 0.250. The van der Waals surface area contributed by atoms with Crippen molar-refractivity contribution in [1.29, 1.82) is 0 Å². The number of carbonyl (C=O) groups excluding carboxylic acids is 1. The number of nitrogens with zero attached hydrogens (tertiary/aromatic N) is 1. The summed E-state index contributed by atoms with van der Waals surface area (Å²) in [6, 6.07) is 0.822. The number of hydrogen-bond acceptors (Lipinski definition) is 5. The zero-order valence-corrected chi connectivity index (χ0v) is 8.01. The molecule has 16 heavy (non-hydrogen) atoms. The predicted molar refractivity (Wildman–Crippen MR) is 50.8 cm³/mol. The Morgan fingerprint density at radius 2 is 2.19 bits per heavy atom. The highest BCUT2D eigenvalue weighted by Crippen LogP contribution is 1.91. The van der Waals surface area contributed by atoms with Crippen LogP contribution in [0.25, 0.3) is 0 Å².